The van der Waals surface area contributed by atoms with Gasteiger partial charge < -0.3 is 4.74 Å². The maximum absolute atomic E-state index is 11.7. The van der Waals surface area contributed by atoms with Crippen LogP contribution < -0.4 is 0 Å². The quantitative estimate of drug-likeness (QED) is 0.789. The number of esters is 1. The number of ether oxygens (including phenoxy) is 1. The molecule has 1 atom stereocenters. The van der Waals surface area contributed by atoms with E-state index >= 15 is 0 Å². The summed E-state index contributed by atoms with van der Waals surface area (Å²) in [6.07, 6.45) is 6.39. The average Bonchev–Trinajstić information content (AvgIpc) is 2.41. The van der Waals surface area contributed by atoms with Crippen LogP contribution in [0.4, 0.5) is 0 Å². The molecule has 1 aromatic heterocycles. The van der Waals surface area contributed by atoms with Crippen molar-refractivity contribution in [1.29, 1.82) is 0 Å². The zero-order valence-corrected chi connectivity index (χ0v) is 11.2. The molecule has 98 valence electrons. The highest BCUT2D eigenvalue weighted by Gasteiger charge is 2.29. The number of nitrogens with zero attached hydrogens (tertiary/aromatic N) is 2. The Balaban J connectivity index is 2.10. The maximum Gasteiger partial charge on any atom is 0.323 e. The standard InChI is InChI=1S/C13H17ClN2O2/c1-18-13(17)12-4-2-3-7-16(12)9-10-5-6-15-8-11(10)14/h5-6,8,12H,2-4,7,9H2,1H3. The molecule has 1 saturated heterocycles. The summed E-state index contributed by atoms with van der Waals surface area (Å²) >= 11 is 6.10. The van der Waals surface area contributed by atoms with E-state index in [4.69, 9.17) is 16.3 Å². The largest absolute Gasteiger partial charge is 0.468 e. The molecular formula is C13H17ClN2O2. The Morgan fingerprint density at radius 1 is 1.61 bits per heavy atom. The minimum absolute atomic E-state index is 0.145. The second-order valence-corrected chi connectivity index (χ2v) is 4.88. The van der Waals surface area contributed by atoms with Crippen molar-refractivity contribution in [3.63, 3.8) is 0 Å². The molecule has 0 radical (unpaired) electrons. The van der Waals surface area contributed by atoms with Crippen molar-refractivity contribution in [2.75, 3.05) is 13.7 Å². The molecule has 4 nitrogen and oxygen atoms in total. The highest BCUT2D eigenvalue weighted by Crippen LogP contribution is 2.23. The van der Waals surface area contributed by atoms with Gasteiger partial charge in [-0.2, -0.15) is 0 Å². The minimum atomic E-state index is -0.153. The molecule has 1 unspecified atom stereocenters. The molecule has 0 bridgehead atoms. The summed E-state index contributed by atoms with van der Waals surface area (Å²) in [5.74, 6) is -0.153. The van der Waals surface area contributed by atoms with E-state index in [1.165, 1.54) is 7.11 Å². The van der Waals surface area contributed by atoms with Gasteiger partial charge in [0.15, 0.2) is 0 Å². The predicted octanol–water partition coefficient (Wildman–Crippen LogP) is 2.26. The Bertz CT molecular complexity index is 425. The molecule has 0 amide bonds. The maximum atomic E-state index is 11.7. The average molecular weight is 269 g/mol. The molecule has 0 aromatic carbocycles. The molecule has 2 rings (SSSR count). The van der Waals surface area contributed by atoms with Crippen LogP contribution in [0.15, 0.2) is 18.5 Å². The topological polar surface area (TPSA) is 42.4 Å². The summed E-state index contributed by atoms with van der Waals surface area (Å²) in [5, 5.41) is 0.645. The van der Waals surface area contributed by atoms with E-state index in [-0.39, 0.29) is 12.0 Å². The number of aromatic nitrogens is 1. The normalized spacial score (nSPS) is 20.7. The molecule has 1 aliphatic heterocycles. The summed E-state index contributed by atoms with van der Waals surface area (Å²) in [5.41, 5.74) is 1.00. The molecule has 1 fully saturated rings. The van der Waals surface area contributed by atoms with Crippen LogP contribution in [0.2, 0.25) is 5.02 Å². The Labute approximate surface area is 112 Å². The lowest BCUT2D eigenvalue weighted by molar-refractivity contribution is -0.148. The number of likely N-dealkylation sites (tertiary alicyclic amines) is 1. The second-order valence-electron chi connectivity index (χ2n) is 4.47. The van der Waals surface area contributed by atoms with Gasteiger partial charge in [0, 0.05) is 18.9 Å². The first kappa shape index (κ1) is 13.3. The third-order valence-corrected chi connectivity index (χ3v) is 3.66. The third kappa shape index (κ3) is 3.00. The smallest absolute Gasteiger partial charge is 0.323 e. The molecule has 18 heavy (non-hydrogen) atoms. The fraction of sp³-hybridized carbons (Fsp3) is 0.538. The van der Waals surface area contributed by atoms with Crippen LogP contribution in [0.5, 0.6) is 0 Å². The second kappa shape index (κ2) is 6.16. The Morgan fingerprint density at radius 3 is 3.17 bits per heavy atom. The van der Waals surface area contributed by atoms with Gasteiger partial charge in [-0.25, -0.2) is 0 Å². The zero-order valence-electron chi connectivity index (χ0n) is 10.4. The van der Waals surface area contributed by atoms with Crippen molar-refractivity contribution in [1.82, 2.24) is 9.88 Å². The number of pyridine rings is 1. The summed E-state index contributed by atoms with van der Waals surface area (Å²) < 4.78 is 4.86. The summed E-state index contributed by atoms with van der Waals surface area (Å²) in [4.78, 5) is 17.8. The molecule has 1 aromatic rings. The molecule has 5 heteroatoms. The van der Waals surface area contributed by atoms with Crippen molar-refractivity contribution < 1.29 is 9.53 Å². The van der Waals surface area contributed by atoms with Crippen LogP contribution in [-0.2, 0) is 16.1 Å². The number of hydrogen-bond donors (Lipinski definition) is 0. The van der Waals surface area contributed by atoms with Gasteiger partial charge in [-0.1, -0.05) is 18.0 Å². The lowest BCUT2D eigenvalue weighted by Crippen LogP contribution is -2.44. The number of methoxy groups -OCH3 is 1. The monoisotopic (exact) mass is 268 g/mol. The van der Waals surface area contributed by atoms with Crippen LogP contribution in [0.25, 0.3) is 0 Å². The highest BCUT2D eigenvalue weighted by molar-refractivity contribution is 6.31. The highest BCUT2D eigenvalue weighted by atomic mass is 35.5. The fourth-order valence-corrected chi connectivity index (χ4v) is 2.51. The van der Waals surface area contributed by atoms with Crippen molar-refractivity contribution in [2.45, 2.75) is 31.8 Å². The van der Waals surface area contributed by atoms with Crippen molar-refractivity contribution in [3.8, 4) is 0 Å². The number of carbonyl (C=O) groups excluding carboxylic acids is 1. The Morgan fingerprint density at radius 2 is 2.44 bits per heavy atom. The van der Waals surface area contributed by atoms with Gasteiger partial charge in [-0.05, 0) is 31.0 Å². The van der Waals surface area contributed by atoms with E-state index in [2.05, 4.69) is 9.88 Å². The van der Waals surface area contributed by atoms with E-state index < -0.39 is 0 Å². The van der Waals surface area contributed by atoms with Crippen LogP contribution in [-0.4, -0.2) is 35.5 Å². The number of hydrogen-bond acceptors (Lipinski definition) is 4. The number of rotatable bonds is 3. The van der Waals surface area contributed by atoms with Gasteiger partial charge in [0.25, 0.3) is 0 Å². The summed E-state index contributed by atoms with van der Waals surface area (Å²) in [7, 11) is 1.44. The zero-order chi connectivity index (χ0) is 13.0. The minimum Gasteiger partial charge on any atom is -0.468 e. The van der Waals surface area contributed by atoms with Gasteiger partial charge in [-0.15, -0.1) is 0 Å². The molecule has 0 spiro atoms. The molecule has 0 aliphatic carbocycles. The Kier molecular flexibility index (Phi) is 4.55. The van der Waals surface area contributed by atoms with Gasteiger partial charge in [0.2, 0.25) is 0 Å². The Hall–Kier alpha value is -1.13. The van der Waals surface area contributed by atoms with Gasteiger partial charge in [-0.3, -0.25) is 14.7 Å². The van der Waals surface area contributed by atoms with E-state index in [9.17, 15) is 4.79 Å². The first-order valence-electron chi connectivity index (χ1n) is 6.12. The van der Waals surface area contributed by atoms with Crippen LogP contribution in [0, 0.1) is 0 Å². The van der Waals surface area contributed by atoms with E-state index in [1.807, 2.05) is 6.07 Å². The number of halogens is 1. The van der Waals surface area contributed by atoms with E-state index in [0.29, 0.717) is 11.6 Å². The molecule has 2 heterocycles. The molecule has 0 saturated carbocycles. The van der Waals surface area contributed by atoms with Crippen molar-refractivity contribution >= 4 is 17.6 Å². The van der Waals surface area contributed by atoms with Gasteiger partial charge in [0.1, 0.15) is 6.04 Å². The summed E-state index contributed by atoms with van der Waals surface area (Å²) in [6.45, 7) is 1.57. The lowest BCUT2D eigenvalue weighted by atomic mass is 10.0. The lowest BCUT2D eigenvalue weighted by Gasteiger charge is -2.33. The van der Waals surface area contributed by atoms with Crippen molar-refractivity contribution in [2.24, 2.45) is 0 Å². The summed E-state index contributed by atoms with van der Waals surface area (Å²) in [6, 6.07) is 1.75. The first-order valence-corrected chi connectivity index (χ1v) is 6.50. The van der Waals surface area contributed by atoms with Gasteiger partial charge >= 0.3 is 5.97 Å². The van der Waals surface area contributed by atoms with Crippen molar-refractivity contribution in [3.05, 3.63) is 29.0 Å². The number of piperidine rings is 1. The van der Waals surface area contributed by atoms with Crippen LogP contribution in [0.1, 0.15) is 24.8 Å². The van der Waals surface area contributed by atoms with Crippen LogP contribution in [0.3, 0.4) is 0 Å². The molecule has 1 aliphatic rings. The van der Waals surface area contributed by atoms with Gasteiger partial charge in [0.05, 0.1) is 12.1 Å². The third-order valence-electron chi connectivity index (χ3n) is 3.32. The van der Waals surface area contributed by atoms with Crippen LogP contribution >= 0.6 is 11.6 Å². The number of carbonyl (C=O) groups is 1. The van der Waals surface area contributed by atoms with E-state index in [0.717, 1.165) is 31.4 Å². The predicted molar refractivity (Wildman–Crippen MR) is 69.3 cm³/mol. The molecular weight excluding hydrogens is 252 g/mol. The fourth-order valence-electron chi connectivity index (χ4n) is 2.33. The SMILES string of the molecule is COC(=O)C1CCCCN1Cc1ccncc1Cl. The van der Waals surface area contributed by atoms with E-state index in [1.54, 1.807) is 12.4 Å². The molecule has 0 N–H and O–H groups in total. The first-order chi connectivity index (χ1) is 8.72.